The molecular weight excluding hydrogens is 836 g/mol. The van der Waals surface area contributed by atoms with Crippen LogP contribution in [-0.4, -0.2) is 263 Å². The Morgan fingerprint density at radius 2 is 0.885 bits per heavy atom. The van der Waals surface area contributed by atoms with E-state index >= 15 is 0 Å². The van der Waals surface area contributed by atoms with Gasteiger partial charge >= 0.3 is 0 Å². The van der Waals surface area contributed by atoms with Crippen LogP contribution >= 0.6 is 0 Å². The van der Waals surface area contributed by atoms with Crippen molar-refractivity contribution in [2.24, 2.45) is 0 Å². The van der Waals surface area contributed by atoms with Gasteiger partial charge in [-0.2, -0.15) is 0 Å². The number of aliphatic hydroxyl groups excluding tert-OH is 14. The van der Waals surface area contributed by atoms with Crippen molar-refractivity contribution in [3.8, 4) is 0 Å². The second-order valence-corrected chi connectivity index (χ2v) is 15.5. The number of hydrogen-bond donors (Lipinski definition) is 16. The Hall–Kier alpha value is -1.98. The van der Waals surface area contributed by atoms with E-state index in [0.717, 1.165) is 13.8 Å². The molecule has 25 atom stereocenters. The molecule has 5 saturated heterocycles. The summed E-state index contributed by atoms with van der Waals surface area (Å²) in [5.74, 6) is -1.50. The summed E-state index contributed by atoms with van der Waals surface area (Å²) >= 11 is 0. The van der Waals surface area contributed by atoms with E-state index in [1.165, 1.54) is 6.92 Å². The van der Waals surface area contributed by atoms with Gasteiger partial charge < -0.3 is 125 Å². The standard InChI is InChI=1S/C34H58N2O25/c1-8-17(41)22(46)25(49)32(55-8)54-7-14-29(20(44)15(30(52)56-14)35-9(2)39)60-31-16(36-10(3)40)21(45)28(12(5-38)58-31)61-34-27(51)24(48)19(43)13(59-34)6-53-33-26(50)23(47)18(42)11(4-37)57-33/h8,11-34,37-38,41-52H,4-7H2,1-3H3,(H,35,39)(H,36,40)/t8-,11+,12+,13+,14+,15+,16+,17+,18+,19+,20+,21+,22+,23-,24-,25-,26-,27-,28+,29+,30+,31-,32-,33+,34-/m0/s1. The highest BCUT2D eigenvalue weighted by Gasteiger charge is 2.55. The Balaban J connectivity index is 1.33. The molecule has 5 heterocycles. The molecule has 61 heavy (non-hydrogen) atoms. The molecule has 2 amide bonds. The van der Waals surface area contributed by atoms with Crippen LogP contribution in [0.1, 0.15) is 20.8 Å². The molecule has 0 aromatic carbocycles. The summed E-state index contributed by atoms with van der Waals surface area (Å²) in [5, 5.41) is 152. The Bertz CT molecular complexity index is 1420. The molecule has 0 aromatic heterocycles. The van der Waals surface area contributed by atoms with Crippen molar-refractivity contribution in [2.45, 2.75) is 174 Å². The number of nitrogens with one attached hydrogen (secondary N) is 2. The lowest BCUT2D eigenvalue weighted by molar-refractivity contribution is -0.367. The third-order valence-electron chi connectivity index (χ3n) is 11.0. The van der Waals surface area contributed by atoms with Crippen LogP contribution in [0.2, 0.25) is 0 Å². The summed E-state index contributed by atoms with van der Waals surface area (Å²) in [6.45, 7) is 0.353. The largest absolute Gasteiger partial charge is 0.394 e. The Morgan fingerprint density at radius 1 is 0.459 bits per heavy atom. The van der Waals surface area contributed by atoms with Crippen LogP contribution in [0.5, 0.6) is 0 Å². The number of aliphatic hydroxyl groups is 14. The quantitative estimate of drug-likeness (QED) is 0.0770. The second kappa shape index (κ2) is 21.3. The maximum Gasteiger partial charge on any atom is 0.217 e. The van der Waals surface area contributed by atoms with Gasteiger partial charge in [-0.25, -0.2) is 0 Å². The Kier molecular flexibility index (Phi) is 17.5. The van der Waals surface area contributed by atoms with Crippen molar-refractivity contribution >= 4 is 11.8 Å². The van der Waals surface area contributed by atoms with Crippen LogP contribution in [0.4, 0.5) is 0 Å². The minimum Gasteiger partial charge on any atom is -0.394 e. The summed E-state index contributed by atoms with van der Waals surface area (Å²) in [7, 11) is 0. The van der Waals surface area contributed by atoms with Crippen molar-refractivity contribution in [3.05, 3.63) is 0 Å². The van der Waals surface area contributed by atoms with E-state index in [1.54, 1.807) is 0 Å². The van der Waals surface area contributed by atoms with Gasteiger partial charge in [0.25, 0.3) is 0 Å². The molecule has 0 aromatic rings. The third kappa shape index (κ3) is 11.1. The lowest BCUT2D eigenvalue weighted by atomic mass is 9.94. The SMILES string of the molecule is CC(=O)N[C@@H]1[C@@H](O)[C@H](O[C@@H]2O[C@H](CO)[C@@H](O[C@@H]3O[C@H](CO[C@@H]4O[C@H](CO)[C@@H](O)[C@H](O)[C@@H]4O)[C@@H](O)[C@H](O)[C@@H]3O)[C@H](O)[C@H]2NC(C)=O)[C@@H](CO[C@H]2O[C@@H](C)[C@@H](O)[C@@H](O)[C@@H]2O)O[C@H]1O. The highest BCUT2D eigenvalue weighted by atomic mass is 16.8. The molecule has 0 saturated carbocycles. The van der Waals surface area contributed by atoms with Gasteiger partial charge in [-0.1, -0.05) is 0 Å². The molecule has 0 radical (unpaired) electrons. The zero-order chi connectivity index (χ0) is 45.2. The first kappa shape index (κ1) is 50.0. The molecule has 0 spiro atoms. The van der Waals surface area contributed by atoms with E-state index in [2.05, 4.69) is 10.6 Å². The molecule has 0 unspecified atom stereocenters. The molecule has 5 rings (SSSR count). The topological polar surface area (TPSA) is 424 Å². The number of amides is 2. The normalized spacial score (nSPS) is 49.6. The number of ether oxygens (including phenoxy) is 9. The zero-order valence-corrected chi connectivity index (χ0v) is 33.0. The van der Waals surface area contributed by atoms with Crippen LogP contribution < -0.4 is 10.6 Å². The highest BCUT2D eigenvalue weighted by molar-refractivity contribution is 5.73. The van der Waals surface area contributed by atoms with Gasteiger partial charge in [0.15, 0.2) is 31.5 Å². The summed E-state index contributed by atoms with van der Waals surface area (Å²) < 4.78 is 50.8. The van der Waals surface area contributed by atoms with Crippen LogP contribution in [0.25, 0.3) is 0 Å². The van der Waals surface area contributed by atoms with E-state index in [-0.39, 0.29) is 0 Å². The van der Waals surface area contributed by atoms with Crippen molar-refractivity contribution in [3.63, 3.8) is 0 Å². The third-order valence-corrected chi connectivity index (χ3v) is 11.0. The van der Waals surface area contributed by atoms with Gasteiger partial charge in [0.1, 0.15) is 116 Å². The molecule has 5 fully saturated rings. The van der Waals surface area contributed by atoms with E-state index < -0.39 is 192 Å². The van der Waals surface area contributed by atoms with Gasteiger partial charge in [0.05, 0.1) is 32.5 Å². The molecule has 16 N–H and O–H groups in total. The van der Waals surface area contributed by atoms with Crippen molar-refractivity contribution in [2.75, 3.05) is 26.4 Å². The number of rotatable bonds is 14. The molecule has 27 nitrogen and oxygen atoms in total. The van der Waals surface area contributed by atoms with Crippen LogP contribution in [0.15, 0.2) is 0 Å². The maximum atomic E-state index is 12.5. The monoisotopic (exact) mass is 894 g/mol. The van der Waals surface area contributed by atoms with Crippen LogP contribution in [0, 0.1) is 0 Å². The first-order valence-corrected chi connectivity index (χ1v) is 19.4. The molecule has 5 aliphatic rings. The first-order valence-electron chi connectivity index (χ1n) is 19.4. The zero-order valence-electron chi connectivity index (χ0n) is 33.0. The Morgan fingerprint density at radius 3 is 1.46 bits per heavy atom. The minimum absolute atomic E-state index is 0.676. The van der Waals surface area contributed by atoms with Gasteiger partial charge in [-0.05, 0) is 6.92 Å². The van der Waals surface area contributed by atoms with Crippen LogP contribution in [0.3, 0.4) is 0 Å². The van der Waals surface area contributed by atoms with Gasteiger partial charge in [0, 0.05) is 13.8 Å². The van der Waals surface area contributed by atoms with E-state index in [0.29, 0.717) is 0 Å². The highest BCUT2D eigenvalue weighted by Crippen LogP contribution is 2.34. The molecule has 0 aliphatic carbocycles. The van der Waals surface area contributed by atoms with Gasteiger partial charge in [0.2, 0.25) is 11.8 Å². The van der Waals surface area contributed by atoms with Crippen molar-refractivity contribution < 1.29 is 124 Å². The summed E-state index contributed by atoms with van der Waals surface area (Å²) in [5.41, 5.74) is 0. The molecule has 354 valence electrons. The fourth-order valence-corrected chi connectivity index (χ4v) is 7.58. The Labute approximate surface area is 346 Å². The van der Waals surface area contributed by atoms with Gasteiger partial charge in [-0.15, -0.1) is 0 Å². The molecular formula is C34H58N2O25. The van der Waals surface area contributed by atoms with E-state index in [4.69, 9.17) is 42.6 Å². The van der Waals surface area contributed by atoms with E-state index in [1.807, 2.05) is 0 Å². The summed E-state index contributed by atoms with van der Waals surface area (Å²) in [4.78, 5) is 24.5. The van der Waals surface area contributed by atoms with Crippen molar-refractivity contribution in [1.29, 1.82) is 0 Å². The second-order valence-electron chi connectivity index (χ2n) is 15.5. The number of carbonyl (C=O) groups excluding carboxylic acids is 2. The molecule has 27 heteroatoms. The summed E-state index contributed by atoms with van der Waals surface area (Å²) in [6.07, 6.45) is -39.7. The average molecular weight is 895 g/mol. The predicted octanol–water partition coefficient (Wildman–Crippen LogP) is -10.6. The van der Waals surface area contributed by atoms with Crippen LogP contribution in [-0.2, 0) is 52.2 Å². The minimum atomic E-state index is -2.05. The fourth-order valence-electron chi connectivity index (χ4n) is 7.58. The van der Waals surface area contributed by atoms with Crippen molar-refractivity contribution in [1.82, 2.24) is 10.6 Å². The lowest BCUT2D eigenvalue weighted by Crippen LogP contribution is -2.70. The number of hydrogen-bond acceptors (Lipinski definition) is 25. The maximum absolute atomic E-state index is 12.5. The first-order chi connectivity index (χ1) is 28.7. The van der Waals surface area contributed by atoms with E-state index in [9.17, 15) is 81.1 Å². The number of carbonyl (C=O) groups is 2. The molecule has 5 aliphatic heterocycles. The lowest BCUT2D eigenvalue weighted by Gasteiger charge is -2.49. The smallest absolute Gasteiger partial charge is 0.217 e. The molecule has 0 bridgehead atoms. The predicted molar refractivity (Wildman–Crippen MR) is 188 cm³/mol. The summed E-state index contributed by atoms with van der Waals surface area (Å²) in [6, 6.07) is -3.23. The average Bonchev–Trinajstić information content (AvgIpc) is 3.21. The fraction of sp³-hybridized carbons (Fsp3) is 0.941. The van der Waals surface area contributed by atoms with Gasteiger partial charge in [-0.3, -0.25) is 9.59 Å².